The first-order valence-electron chi connectivity index (χ1n) is 6.53. The summed E-state index contributed by atoms with van der Waals surface area (Å²) >= 11 is 6.01. The topological polar surface area (TPSA) is 58.4 Å². The van der Waals surface area contributed by atoms with E-state index in [1.54, 1.807) is 32.3 Å². The molecule has 0 spiro atoms. The predicted molar refractivity (Wildman–Crippen MR) is 88.3 cm³/mol. The van der Waals surface area contributed by atoms with Gasteiger partial charge < -0.3 is 16.0 Å². The summed E-state index contributed by atoms with van der Waals surface area (Å²) in [6.45, 7) is 1.98. The average Bonchev–Trinajstić information content (AvgIpc) is 2.44. The molecule has 0 aromatic heterocycles. The lowest BCUT2D eigenvalue weighted by Gasteiger charge is -2.15. The minimum atomic E-state index is -0.0686. The summed E-state index contributed by atoms with van der Waals surface area (Å²) in [6.07, 6.45) is 0. The van der Waals surface area contributed by atoms with Crippen molar-refractivity contribution in [2.45, 2.75) is 6.92 Å². The molecule has 0 aliphatic carbocycles. The standard InChI is InChI=1S/C16H18ClN3O/c1-10-4-6-12(17)9-14(10)19-15-8-11(5-7-13(15)18)16(21)20(2)3/h4-9,19H,18H2,1-3H3. The molecule has 2 aromatic carbocycles. The van der Waals surface area contributed by atoms with E-state index in [0.717, 1.165) is 11.3 Å². The van der Waals surface area contributed by atoms with E-state index in [2.05, 4.69) is 5.32 Å². The monoisotopic (exact) mass is 303 g/mol. The van der Waals surface area contributed by atoms with Gasteiger partial charge in [0.05, 0.1) is 11.4 Å². The van der Waals surface area contributed by atoms with Crippen LogP contribution in [0.2, 0.25) is 5.02 Å². The Bertz CT molecular complexity index is 683. The average molecular weight is 304 g/mol. The minimum Gasteiger partial charge on any atom is -0.397 e. The van der Waals surface area contributed by atoms with Crippen LogP contribution in [0.3, 0.4) is 0 Å². The second-order valence-electron chi connectivity index (χ2n) is 5.09. The molecule has 0 bridgehead atoms. The van der Waals surface area contributed by atoms with E-state index >= 15 is 0 Å². The first-order valence-corrected chi connectivity index (χ1v) is 6.90. The van der Waals surface area contributed by atoms with Gasteiger partial charge in [-0.25, -0.2) is 0 Å². The van der Waals surface area contributed by atoms with Crippen LogP contribution in [-0.4, -0.2) is 24.9 Å². The number of hydrogen-bond acceptors (Lipinski definition) is 3. The van der Waals surface area contributed by atoms with Crippen molar-refractivity contribution in [3.8, 4) is 0 Å². The lowest BCUT2D eigenvalue weighted by molar-refractivity contribution is 0.0827. The number of nitrogens with one attached hydrogen (secondary N) is 1. The number of carbonyl (C=O) groups is 1. The molecule has 0 saturated carbocycles. The summed E-state index contributed by atoms with van der Waals surface area (Å²) < 4.78 is 0. The highest BCUT2D eigenvalue weighted by atomic mass is 35.5. The van der Waals surface area contributed by atoms with E-state index in [1.807, 2.05) is 25.1 Å². The Morgan fingerprint density at radius 2 is 1.86 bits per heavy atom. The molecule has 5 heteroatoms. The largest absolute Gasteiger partial charge is 0.397 e. The normalized spacial score (nSPS) is 10.3. The quantitative estimate of drug-likeness (QED) is 0.850. The van der Waals surface area contributed by atoms with Crippen LogP contribution >= 0.6 is 11.6 Å². The van der Waals surface area contributed by atoms with Crippen molar-refractivity contribution in [2.75, 3.05) is 25.1 Å². The van der Waals surface area contributed by atoms with Gasteiger partial charge in [-0.1, -0.05) is 17.7 Å². The van der Waals surface area contributed by atoms with E-state index < -0.39 is 0 Å². The lowest BCUT2D eigenvalue weighted by atomic mass is 10.1. The molecule has 0 aliphatic rings. The van der Waals surface area contributed by atoms with Crippen molar-refractivity contribution in [1.29, 1.82) is 0 Å². The molecule has 110 valence electrons. The number of nitrogens with zero attached hydrogens (tertiary/aromatic N) is 1. The molecule has 3 N–H and O–H groups in total. The molecule has 2 rings (SSSR count). The van der Waals surface area contributed by atoms with Crippen LogP contribution in [-0.2, 0) is 0 Å². The number of aryl methyl sites for hydroxylation is 1. The zero-order valence-electron chi connectivity index (χ0n) is 12.3. The fourth-order valence-corrected chi connectivity index (χ4v) is 2.10. The van der Waals surface area contributed by atoms with E-state index in [1.165, 1.54) is 4.90 Å². The fourth-order valence-electron chi connectivity index (χ4n) is 1.93. The smallest absolute Gasteiger partial charge is 0.253 e. The zero-order valence-corrected chi connectivity index (χ0v) is 13.0. The van der Waals surface area contributed by atoms with Crippen LogP contribution < -0.4 is 11.1 Å². The second-order valence-corrected chi connectivity index (χ2v) is 5.52. The van der Waals surface area contributed by atoms with Gasteiger partial charge in [-0.3, -0.25) is 4.79 Å². The molecule has 0 aliphatic heterocycles. The van der Waals surface area contributed by atoms with Gasteiger partial charge >= 0.3 is 0 Å². The van der Waals surface area contributed by atoms with Crippen LogP contribution in [0.5, 0.6) is 0 Å². The van der Waals surface area contributed by atoms with E-state index in [4.69, 9.17) is 17.3 Å². The Labute approximate surface area is 129 Å². The molecule has 4 nitrogen and oxygen atoms in total. The summed E-state index contributed by atoms with van der Waals surface area (Å²) in [5.74, 6) is -0.0686. The third kappa shape index (κ3) is 3.47. The van der Waals surface area contributed by atoms with Crippen molar-refractivity contribution in [3.05, 3.63) is 52.5 Å². The van der Waals surface area contributed by atoms with Gasteiger partial charge in [-0.15, -0.1) is 0 Å². The number of nitrogen functional groups attached to an aromatic ring is 1. The van der Waals surface area contributed by atoms with Gasteiger partial charge in [0.15, 0.2) is 0 Å². The van der Waals surface area contributed by atoms with E-state index in [0.29, 0.717) is 22.0 Å². The summed E-state index contributed by atoms with van der Waals surface area (Å²) in [5.41, 5.74) is 9.73. The maximum absolute atomic E-state index is 12.0. The lowest BCUT2D eigenvalue weighted by Crippen LogP contribution is -2.21. The summed E-state index contributed by atoms with van der Waals surface area (Å²) in [4.78, 5) is 13.5. The highest BCUT2D eigenvalue weighted by Crippen LogP contribution is 2.28. The summed E-state index contributed by atoms with van der Waals surface area (Å²) in [5, 5.41) is 3.88. The van der Waals surface area contributed by atoms with Gasteiger partial charge in [-0.05, 0) is 42.8 Å². The Kier molecular flexibility index (Phi) is 4.38. The molecular weight excluding hydrogens is 286 g/mol. The number of hydrogen-bond donors (Lipinski definition) is 2. The fraction of sp³-hybridized carbons (Fsp3) is 0.188. The second kappa shape index (κ2) is 6.06. The number of halogens is 1. The Morgan fingerprint density at radius 3 is 2.52 bits per heavy atom. The van der Waals surface area contributed by atoms with Gasteiger partial charge in [0.1, 0.15) is 0 Å². The third-order valence-corrected chi connectivity index (χ3v) is 3.41. The van der Waals surface area contributed by atoms with Gasteiger partial charge in [0.25, 0.3) is 5.91 Å². The van der Waals surface area contributed by atoms with Crippen molar-refractivity contribution in [2.24, 2.45) is 0 Å². The van der Waals surface area contributed by atoms with Crippen LogP contribution in [0.1, 0.15) is 15.9 Å². The molecule has 1 amide bonds. The molecule has 0 saturated heterocycles. The van der Waals surface area contributed by atoms with Gasteiger partial charge in [0, 0.05) is 30.4 Å². The number of amides is 1. The Morgan fingerprint density at radius 1 is 1.14 bits per heavy atom. The number of nitrogens with two attached hydrogens (primary N) is 1. The molecule has 0 radical (unpaired) electrons. The van der Waals surface area contributed by atoms with Gasteiger partial charge in [-0.2, -0.15) is 0 Å². The van der Waals surface area contributed by atoms with Crippen molar-refractivity contribution < 1.29 is 4.79 Å². The number of rotatable bonds is 3. The molecule has 21 heavy (non-hydrogen) atoms. The van der Waals surface area contributed by atoms with Crippen molar-refractivity contribution in [1.82, 2.24) is 4.90 Å². The van der Waals surface area contributed by atoms with Gasteiger partial charge in [0.2, 0.25) is 0 Å². The molecule has 0 fully saturated rings. The SMILES string of the molecule is Cc1ccc(Cl)cc1Nc1cc(C(=O)N(C)C)ccc1N. The van der Waals surface area contributed by atoms with E-state index in [9.17, 15) is 4.79 Å². The summed E-state index contributed by atoms with van der Waals surface area (Å²) in [7, 11) is 3.43. The molecule has 0 unspecified atom stereocenters. The third-order valence-electron chi connectivity index (χ3n) is 3.18. The number of benzene rings is 2. The molecule has 2 aromatic rings. The molecule has 0 heterocycles. The zero-order chi connectivity index (χ0) is 15.6. The van der Waals surface area contributed by atoms with Crippen molar-refractivity contribution in [3.63, 3.8) is 0 Å². The minimum absolute atomic E-state index is 0.0686. The van der Waals surface area contributed by atoms with E-state index in [-0.39, 0.29) is 5.91 Å². The maximum Gasteiger partial charge on any atom is 0.253 e. The first kappa shape index (κ1) is 15.2. The molecule has 0 atom stereocenters. The summed E-state index contributed by atoms with van der Waals surface area (Å²) in [6, 6.07) is 10.8. The van der Waals surface area contributed by atoms with Crippen molar-refractivity contribution >= 4 is 34.6 Å². The Balaban J connectivity index is 2.37. The number of anilines is 3. The number of carbonyl (C=O) groups excluding carboxylic acids is 1. The Hall–Kier alpha value is -2.20. The van der Waals surface area contributed by atoms with Crippen LogP contribution in [0.4, 0.5) is 17.1 Å². The van der Waals surface area contributed by atoms with Crippen LogP contribution in [0.25, 0.3) is 0 Å². The maximum atomic E-state index is 12.0. The van der Waals surface area contributed by atoms with Crippen LogP contribution in [0.15, 0.2) is 36.4 Å². The highest BCUT2D eigenvalue weighted by Gasteiger charge is 2.11. The molecular formula is C16H18ClN3O. The predicted octanol–water partition coefficient (Wildman–Crippen LogP) is 3.68. The van der Waals surface area contributed by atoms with Crippen LogP contribution in [0, 0.1) is 6.92 Å². The highest BCUT2D eigenvalue weighted by molar-refractivity contribution is 6.30. The first-order chi connectivity index (χ1) is 9.88.